The smallest absolute Gasteiger partial charge is 0.132 e. The maximum atomic E-state index is 6.01. The second-order valence-electron chi connectivity index (χ2n) is 4.39. The van der Waals surface area contributed by atoms with E-state index in [-0.39, 0.29) is 6.04 Å². The van der Waals surface area contributed by atoms with Crippen LogP contribution in [0, 0.1) is 0 Å². The van der Waals surface area contributed by atoms with E-state index in [4.69, 9.17) is 10.5 Å². The van der Waals surface area contributed by atoms with Crippen LogP contribution in [-0.4, -0.2) is 0 Å². The third-order valence-corrected chi connectivity index (χ3v) is 2.98. The number of aryl methyl sites for hydroxylation is 1. The van der Waals surface area contributed by atoms with E-state index in [1.165, 1.54) is 5.56 Å². The van der Waals surface area contributed by atoms with E-state index in [0.29, 0.717) is 0 Å². The largest absolute Gasteiger partial charge is 0.457 e. The van der Waals surface area contributed by atoms with Crippen molar-refractivity contribution in [3.05, 3.63) is 59.7 Å². The average molecular weight is 241 g/mol. The van der Waals surface area contributed by atoms with E-state index in [9.17, 15) is 0 Å². The van der Waals surface area contributed by atoms with Gasteiger partial charge in [-0.3, -0.25) is 0 Å². The molecule has 1 atom stereocenters. The SMILES string of the molecule is CCc1ccccc1Oc1ccccc1[C@@H](C)N. The fourth-order valence-electron chi connectivity index (χ4n) is 1.96. The van der Waals surface area contributed by atoms with Gasteiger partial charge in [0.2, 0.25) is 0 Å². The Labute approximate surface area is 108 Å². The van der Waals surface area contributed by atoms with E-state index in [1.807, 2.05) is 49.4 Å². The molecule has 0 spiro atoms. The number of hydrogen-bond donors (Lipinski definition) is 1. The summed E-state index contributed by atoms with van der Waals surface area (Å²) in [5, 5.41) is 0. The molecule has 0 aliphatic carbocycles. The number of ether oxygens (including phenoxy) is 1. The van der Waals surface area contributed by atoms with E-state index in [1.54, 1.807) is 0 Å². The van der Waals surface area contributed by atoms with Gasteiger partial charge in [0.15, 0.2) is 0 Å². The average Bonchev–Trinajstić information content (AvgIpc) is 2.40. The molecule has 0 aromatic heterocycles. The Bertz CT molecular complexity index is 520. The zero-order valence-electron chi connectivity index (χ0n) is 10.9. The van der Waals surface area contributed by atoms with Crippen molar-refractivity contribution in [3.8, 4) is 11.5 Å². The minimum Gasteiger partial charge on any atom is -0.457 e. The van der Waals surface area contributed by atoms with Gasteiger partial charge in [0.05, 0.1) is 0 Å². The topological polar surface area (TPSA) is 35.2 Å². The van der Waals surface area contributed by atoms with Crippen molar-refractivity contribution < 1.29 is 4.74 Å². The highest BCUT2D eigenvalue weighted by molar-refractivity contribution is 5.42. The molecular weight excluding hydrogens is 222 g/mol. The molecule has 2 N–H and O–H groups in total. The third kappa shape index (κ3) is 2.71. The van der Waals surface area contributed by atoms with Gasteiger partial charge in [0.1, 0.15) is 11.5 Å². The van der Waals surface area contributed by atoms with Crippen molar-refractivity contribution in [1.82, 2.24) is 0 Å². The Hall–Kier alpha value is -1.80. The van der Waals surface area contributed by atoms with Crippen LogP contribution in [0.15, 0.2) is 48.5 Å². The lowest BCUT2D eigenvalue weighted by Gasteiger charge is -2.15. The molecule has 0 unspecified atom stereocenters. The van der Waals surface area contributed by atoms with Gasteiger partial charge < -0.3 is 10.5 Å². The predicted octanol–water partition coefficient (Wildman–Crippen LogP) is 4.06. The summed E-state index contributed by atoms with van der Waals surface area (Å²) >= 11 is 0. The van der Waals surface area contributed by atoms with Gasteiger partial charge in [-0.2, -0.15) is 0 Å². The highest BCUT2D eigenvalue weighted by Crippen LogP contribution is 2.30. The lowest BCUT2D eigenvalue weighted by molar-refractivity contribution is 0.466. The van der Waals surface area contributed by atoms with Crippen molar-refractivity contribution in [2.45, 2.75) is 26.3 Å². The number of benzene rings is 2. The predicted molar refractivity (Wildman–Crippen MR) is 74.9 cm³/mol. The van der Waals surface area contributed by atoms with Crippen molar-refractivity contribution in [1.29, 1.82) is 0 Å². The minimum atomic E-state index is -0.0324. The maximum Gasteiger partial charge on any atom is 0.132 e. The van der Waals surface area contributed by atoms with E-state index < -0.39 is 0 Å². The van der Waals surface area contributed by atoms with E-state index in [2.05, 4.69) is 13.0 Å². The summed E-state index contributed by atoms with van der Waals surface area (Å²) in [7, 11) is 0. The Morgan fingerprint density at radius 1 is 1.00 bits per heavy atom. The standard InChI is InChI=1S/C16H19NO/c1-3-13-8-4-6-10-15(13)18-16-11-7-5-9-14(16)12(2)17/h4-12H,3,17H2,1-2H3/t12-/m1/s1. The molecule has 0 radical (unpaired) electrons. The molecule has 18 heavy (non-hydrogen) atoms. The van der Waals surface area contributed by atoms with Crippen LogP contribution in [0.2, 0.25) is 0 Å². The molecule has 2 nitrogen and oxygen atoms in total. The van der Waals surface area contributed by atoms with Gasteiger partial charge in [-0.1, -0.05) is 43.3 Å². The number of para-hydroxylation sites is 2. The lowest BCUT2D eigenvalue weighted by atomic mass is 10.1. The Balaban J connectivity index is 2.34. The summed E-state index contributed by atoms with van der Waals surface area (Å²) in [5.41, 5.74) is 8.20. The summed E-state index contributed by atoms with van der Waals surface area (Å²) < 4.78 is 6.01. The van der Waals surface area contributed by atoms with Gasteiger partial charge in [-0.05, 0) is 31.0 Å². The summed E-state index contributed by atoms with van der Waals surface area (Å²) in [6.07, 6.45) is 0.955. The van der Waals surface area contributed by atoms with Crippen molar-refractivity contribution in [2.24, 2.45) is 5.73 Å². The molecule has 0 amide bonds. The molecule has 0 aliphatic heterocycles. The first-order chi connectivity index (χ1) is 8.72. The number of hydrogen-bond acceptors (Lipinski definition) is 2. The van der Waals surface area contributed by atoms with E-state index in [0.717, 1.165) is 23.5 Å². The second-order valence-corrected chi connectivity index (χ2v) is 4.39. The Morgan fingerprint density at radius 3 is 2.28 bits per heavy atom. The quantitative estimate of drug-likeness (QED) is 0.876. The van der Waals surface area contributed by atoms with Gasteiger partial charge in [0, 0.05) is 11.6 Å². The minimum absolute atomic E-state index is 0.0324. The van der Waals surface area contributed by atoms with E-state index >= 15 is 0 Å². The first-order valence-electron chi connectivity index (χ1n) is 6.32. The molecule has 0 heterocycles. The molecule has 0 bridgehead atoms. The van der Waals surface area contributed by atoms with Crippen molar-refractivity contribution in [2.75, 3.05) is 0 Å². The number of nitrogens with two attached hydrogens (primary N) is 1. The van der Waals surface area contributed by atoms with Crippen LogP contribution in [0.5, 0.6) is 11.5 Å². The molecule has 0 aliphatic rings. The van der Waals surface area contributed by atoms with Gasteiger partial charge >= 0.3 is 0 Å². The Kier molecular flexibility index (Phi) is 4.00. The molecule has 2 aromatic rings. The second kappa shape index (κ2) is 5.69. The maximum absolute atomic E-state index is 6.01. The van der Waals surface area contributed by atoms with Crippen molar-refractivity contribution >= 4 is 0 Å². The summed E-state index contributed by atoms with van der Waals surface area (Å²) in [4.78, 5) is 0. The summed E-state index contributed by atoms with van der Waals surface area (Å²) in [6, 6.07) is 16.0. The highest BCUT2D eigenvalue weighted by Gasteiger charge is 2.09. The highest BCUT2D eigenvalue weighted by atomic mass is 16.5. The molecule has 0 fully saturated rings. The summed E-state index contributed by atoms with van der Waals surface area (Å²) in [5.74, 6) is 1.75. The first-order valence-corrected chi connectivity index (χ1v) is 6.32. The molecule has 0 saturated carbocycles. The van der Waals surface area contributed by atoms with Crippen LogP contribution < -0.4 is 10.5 Å². The van der Waals surface area contributed by atoms with Gasteiger partial charge in [-0.15, -0.1) is 0 Å². The molecule has 2 aromatic carbocycles. The van der Waals surface area contributed by atoms with Crippen LogP contribution in [0.3, 0.4) is 0 Å². The molecule has 94 valence electrons. The van der Waals surface area contributed by atoms with Crippen LogP contribution in [0.1, 0.15) is 31.0 Å². The number of rotatable bonds is 4. The lowest BCUT2D eigenvalue weighted by Crippen LogP contribution is -2.06. The van der Waals surface area contributed by atoms with Crippen LogP contribution in [0.4, 0.5) is 0 Å². The molecule has 2 rings (SSSR count). The normalized spacial score (nSPS) is 12.2. The fraction of sp³-hybridized carbons (Fsp3) is 0.250. The Morgan fingerprint density at radius 2 is 1.61 bits per heavy atom. The van der Waals surface area contributed by atoms with Gasteiger partial charge in [0.25, 0.3) is 0 Å². The monoisotopic (exact) mass is 241 g/mol. The summed E-state index contributed by atoms with van der Waals surface area (Å²) in [6.45, 7) is 4.09. The molecule has 0 saturated heterocycles. The van der Waals surface area contributed by atoms with Crippen LogP contribution >= 0.6 is 0 Å². The first kappa shape index (κ1) is 12.7. The zero-order valence-corrected chi connectivity index (χ0v) is 10.9. The third-order valence-electron chi connectivity index (χ3n) is 2.98. The molecular formula is C16H19NO. The fourth-order valence-corrected chi connectivity index (χ4v) is 1.96. The molecule has 2 heteroatoms. The van der Waals surface area contributed by atoms with Crippen LogP contribution in [0.25, 0.3) is 0 Å². The van der Waals surface area contributed by atoms with Crippen LogP contribution in [-0.2, 0) is 6.42 Å². The van der Waals surface area contributed by atoms with Gasteiger partial charge in [-0.25, -0.2) is 0 Å². The van der Waals surface area contributed by atoms with Crippen molar-refractivity contribution in [3.63, 3.8) is 0 Å². The zero-order chi connectivity index (χ0) is 13.0.